The summed E-state index contributed by atoms with van der Waals surface area (Å²) >= 11 is 0. The number of rotatable bonds is 7. The predicted molar refractivity (Wildman–Crippen MR) is 104 cm³/mol. The monoisotopic (exact) mass is 396 g/mol. The second-order valence-corrected chi connectivity index (χ2v) is 6.50. The van der Waals surface area contributed by atoms with Gasteiger partial charge in [0.15, 0.2) is 0 Å². The summed E-state index contributed by atoms with van der Waals surface area (Å²) in [5.74, 6) is -0.113. The Hall–Kier alpha value is -2.12. The van der Waals surface area contributed by atoms with Crippen molar-refractivity contribution in [2.75, 3.05) is 19.6 Å². The molecule has 1 aliphatic rings. The van der Waals surface area contributed by atoms with Gasteiger partial charge in [-0.05, 0) is 44.0 Å². The number of ether oxygens (including phenoxy) is 1. The largest absolute Gasteiger partial charge is 0.489 e. The minimum absolute atomic E-state index is 0. The third kappa shape index (κ3) is 5.94. The minimum Gasteiger partial charge on any atom is -0.489 e. The Morgan fingerprint density at radius 2 is 2.33 bits per heavy atom. The molecule has 1 aromatic heterocycles. The number of nitrogens with zero attached hydrogens (tertiary/aromatic N) is 2. The lowest BCUT2D eigenvalue weighted by Gasteiger charge is -2.22. The SMILES string of the molecule is CCC(CNC(=O)c1ccn(C2CCCNC2)n1)Oc1cccc(F)c1.Cl. The summed E-state index contributed by atoms with van der Waals surface area (Å²) in [6, 6.07) is 8.04. The first kappa shape index (κ1) is 21.2. The van der Waals surface area contributed by atoms with Gasteiger partial charge in [0, 0.05) is 18.8 Å². The van der Waals surface area contributed by atoms with Crippen molar-refractivity contribution in [3.05, 3.63) is 48.0 Å². The van der Waals surface area contributed by atoms with E-state index in [4.69, 9.17) is 4.74 Å². The summed E-state index contributed by atoms with van der Waals surface area (Å²) in [4.78, 5) is 12.3. The third-order valence-electron chi connectivity index (χ3n) is 4.53. The molecule has 1 amide bonds. The highest BCUT2D eigenvalue weighted by Gasteiger charge is 2.18. The normalized spacial score (nSPS) is 17.6. The molecule has 0 spiro atoms. The fourth-order valence-electron chi connectivity index (χ4n) is 3.02. The maximum absolute atomic E-state index is 13.2. The van der Waals surface area contributed by atoms with Gasteiger partial charge in [0.2, 0.25) is 0 Å². The van der Waals surface area contributed by atoms with Crippen LogP contribution < -0.4 is 15.4 Å². The lowest BCUT2D eigenvalue weighted by molar-refractivity contribution is 0.0919. The van der Waals surface area contributed by atoms with Crippen LogP contribution in [0, 0.1) is 5.82 Å². The van der Waals surface area contributed by atoms with E-state index >= 15 is 0 Å². The zero-order valence-electron chi connectivity index (χ0n) is 15.4. The maximum Gasteiger partial charge on any atom is 0.271 e. The van der Waals surface area contributed by atoms with Gasteiger partial charge in [-0.15, -0.1) is 12.4 Å². The van der Waals surface area contributed by atoms with Crippen LogP contribution in [0.4, 0.5) is 4.39 Å². The standard InChI is InChI=1S/C19H25FN4O2.ClH/c1-2-16(26-17-7-3-5-14(20)11-17)13-22-19(25)18-8-10-24(23-18)15-6-4-9-21-12-15;/h3,5,7-8,10-11,15-16,21H,2,4,6,9,12-13H2,1H3,(H,22,25);1H. The highest BCUT2D eigenvalue weighted by Crippen LogP contribution is 2.16. The molecule has 0 saturated carbocycles. The van der Waals surface area contributed by atoms with Crippen LogP contribution in [0.15, 0.2) is 36.5 Å². The van der Waals surface area contributed by atoms with Crippen molar-refractivity contribution >= 4 is 18.3 Å². The molecule has 2 aromatic rings. The van der Waals surface area contributed by atoms with Gasteiger partial charge in [0.05, 0.1) is 12.6 Å². The molecule has 8 heteroatoms. The molecule has 0 bridgehead atoms. The Morgan fingerprint density at radius 3 is 3.04 bits per heavy atom. The van der Waals surface area contributed by atoms with Crippen LogP contribution in [0.1, 0.15) is 42.7 Å². The summed E-state index contributed by atoms with van der Waals surface area (Å²) in [6.07, 6.45) is 4.49. The Balaban J connectivity index is 0.00000261. The van der Waals surface area contributed by atoms with Gasteiger partial charge in [-0.2, -0.15) is 5.10 Å². The van der Waals surface area contributed by atoms with Gasteiger partial charge in [-0.1, -0.05) is 13.0 Å². The van der Waals surface area contributed by atoms with Crippen LogP contribution in [0.5, 0.6) is 5.75 Å². The molecule has 2 heterocycles. The van der Waals surface area contributed by atoms with Crippen LogP contribution in [0.3, 0.4) is 0 Å². The van der Waals surface area contributed by atoms with E-state index in [9.17, 15) is 9.18 Å². The smallest absolute Gasteiger partial charge is 0.271 e. The molecule has 1 aliphatic heterocycles. The third-order valence-corrected chi connectivity index (χ3v) is 4.53. The van der Waals surface area contributed by atoms with Gasteiger partial charge in [0.25, 0.3) is 5.91 Å². The maximum atomic E-state index is 13.2. The number of piperidine rings is 1. The number of carbonyl (C=O) groups is 1. The molecule has 0 radical (unpaired) electrons. The van der Waals surface area contributed by atoms with Crippen molar-refractivity contribution in [1.82, 2.24) is 20.4 Å². The van der Waals surface area contributed by atoms with Crippen molar-refractivity contribution in [1.29, 1.82) is 0 Å². The van der Waals surface area contributed by atoms with E-state index in [-0.39, 0.29) is 30.2 Å². The second-order valence-electron chi connectivity index (χ2n) is 6.50. The molecule has 2 N–H and O–H groups in total. The number of hydrogen-bond acceptors (Lipinski definition) is 4. The molecule has 2 unspecified atom stereocenters. The van der Waals surface area contributed by atoms with Crippen molar-refractivity contribution in [2.24, 2.45) is 0 Å². The first-order valence-electron chi connectivity index (χ1n) is 9.12. The van der Waals surface area contributed by atoms with Crippen molar-refractivity contribution in [3.8, 4) is 5.75 Å². The van der Waals surface area contributed by atoms with Crippen LogP contribution in [-0.2, 0) is 0 Å². The first-order valence-corrected chi connectivity index (χ1v) is 9.12. The summed E-state index contributed by atoms with van der Waals surface area (Å²) < 4.78 is 20.9. The van der Waals surface area contributed by atoms with E-state index in [1.54, 1.807) is 18.2 Å². The van der Waals surface area contributed by atoms with E-state index in [2.05, 4.69) is 15.7 Å². The molecule has 1 saturated heterocycles. The fourth-order valence-corrected chi connectivity index (χ4v) is 3.02. The van der Waals surface area contributed by atoms with E-state index in [0.29, 0.717) is 30.5 Å². The Morgan fingerprint density at radius 1 is 1.48 bits per heavy atom. The predicted octanol–water partition coefficient (Wildman–Crippen LogP) is 2.96. The molecule has 27 heavy (non-hydrogen) atoms. The van der Waals surface area contributed by atoms with Gasteiger partial charge in [-0.25, -0.2) is 4.39 Å². The van der Waals surface area contributed by atoms with Gasteiger partial charge < -0.3 is 15.4 Å². The summed E-state index contributed by atoms with van der Waals surface area (Å²) in [7, 11) is 0. The molecule has 1 fully saturated rings. The zero-order valence-corrected chi connectivity index (χ0v) is 16.2. The number of hydrogen-bond donors (Lipinski definition) is 2. The minimum atomic E-state index is -0.343. The Bertz CT molecular complexity index is 734. The van der Waals surface area contributed by atoms with Gasteiger partial charge in [0.1, 0.15) is 23.4 Å². The molecule has 0 aliphatic carbocycles. The van der Waals surface area contributed by atoms with Crippen molar-refractivity contribution < 1.29 is 13.9 Å². The van der Waals surface area contributed by atoms with Crippen LogP contribution >= 0.6 is 12.4 Å². The molecule has 148 valence electrons. The summed E-state index contributed by atoms with van der Waals surface area (Å²) in [5.41, 5.74) is 0.399. The van der Waals surface area contributed by atoms with Gasteiger partial charge in [-0.3, -0.25) is 9.48 Å². The fraction of sp³-hybridized carbons (Fsp3) is 0.474. The number of carbonyl (C=O) groups excluding carboxylic acids is 1. The highest BCUT2D eigenvalue weighted by molar-refractivity contribution is 5.92. The van der Waals surface area contributed by atoms with E-state index in [1.165, 1.54) is 12.1 Å². The number of halogens is 2. The quantitative estimate of drug-likeness (QED) is 0.755. The number of amides is 1. The molecule has 2 atom stereocenters. The first-order chi connectivity index (χ1) is 12.7. The van der Waals surface area contributed by atoms with E-state index in [0.717, 1.165) is 25.9 Å². The number of aromatic nitrogens is 2. The second kappa shape index (κ2) is 10.3. The van der Waals surface area contributed by atoms with E-state index < -0.39 is 0 Å². The molecule has 1 aromatic carbocycles. The molecular weight excluding hydrogens is 371 g/mol. The summed E-state index contributed by atoms with van der Waals surface area (Å²) in [5, 5.41) is 10.6. The van der Waals surface area contributed by atoms with Crippen molar-refractivity contribution in [3.63, 3.8) is 0 Å². The van der Waals surface area contributed by atoms with E-state index in [1.807, 2.05) is 17.8 Å². The van der Waals surface area contributed by atoms with Crippen LogP contribution in [-0.4, -0.2) is 41.4 Å². The average molecular weight is 397 g/mol. The zero-order chi connectivity index (χ0) is 18.4. The van der Waals surface area contributed by atoms with Crippen LogP contribution in [0.25, 0.3) is 0 Å². The molecule has 3 rings (SSSR count). The Labute approximate surface area is 164 Å². The van der Waals surface area contributed by atoms with Gasteiger partial charge >= 0.3 is 0 Å². The van der Waals surface area contributed by atoms with Crippen LogP contribution in [0.2, 0.25) is 0 Å². The molecular formula is C19H26ClFN4O2. The molecule has 6 nitrogen and oxygen atoms in total. The number of nitrogens with one attached hydrogen (secondary N) is 2. The Kier molecular flexibility index (Phi) is 8.06. The topological polar surface area (TPSA) is 68.2 Å². The highest BCUT2D eigenvalue weighted by atomic mass is 35.5. The lowest BCUT2D eigenvalue weighted by Crippen LogP contribution is -2.35. The van der Waals surface area contributed by atoms with Crippen molar-refractivity contribution in [2.45, 2.75) is 38.3 Å². The number of benzene rings is 1. The average Bonchev–Trinajstić information content (AvgIpc) is 3.16. The lowest BCUT2D eigenvalue weighted by atomic mass is 10.1. The summed E-state index contributed by atoms with van der Waals surface area (Å²) in [6.45, 7) is 4.21.